The van der Waals surface area contributed by atoms with Gasteiger partial charge >= 0.3 is 0 Å². The smallest absolute Gasteiger partial charge is 0.0141 e. The molecule has 2 unspecified atom stereocenters. The fourth-order valence-electron chi connectivity index (χ4n) is 3.54. The van der Waals surface area contributed by atoms with Crippen LogP contribution in [0.3, 0.4) is 0 Å². The molecule has 2 atom stereocenters. The van der Waals surface area contributed by atoms with Crippen molar-refractivity contribution in [2.24, 2.45) is 17.8 Å². The van der Waals surface area contributed by atoms with Crippen molar-refractivity contribution >= 4 is 0 Å². The quantitative estimate of drug-likeness (QED) is 0.207. The summed E-state index contributed by atoms with van der Waals surface area (Å²) in [6.45, 7) is 14.0. The lowest BCUT2D eigenvalue weighted by Crippen LogP contribution is -2.15. The highest BCUT2D eigenvalue weighted by atomic mass is 14.2. The highest BCUT2D eigenvalue weighted by molar-refractivity contribution is 5.07. The fourth-order valence-corrected chi connectivity index (χ4v) is 3.54. The third-order valence-corrected chi connectivity index (χ3v) is 5.13. The molecule has 0 N–H and O–H groups in total. The molecule has 0 spiro atoms. The van der Waals surface area contributed by atoms with E-state index in [-0.39, 0.29) is 0 Å². The molecule has 0 fully saturated rings. The average Bonchev–Trinajstić information content (AvgIpc) is 2.54. The van der Waals surface area contributed by atoms with Crippen LogP contribution in [0.2, 0.25) is 0 Å². The van der Waals surface area contributed by atoms with E-state index >= 15 is 0 Å². The van der Waals surface area contributed by atoms with Gasteiger partial charge in [0.2, 0.25) is 0 Å². The van der Waals surface area contributed by atoms with Crippen molar-refractivity contribution in [1.82, 2.24) is 0 Å². The van der Waals surface area contributed by atoms with E-state index < -0.39 is 0 Å². The first kappa shape index (κ1) is 23.5. The van der Waals surface area contributed by atoms with Crippen LogP contribution < -0.4 is 0 Å². The van der Waals surface area contributed by atoms with Gasteiger partial charge in [-0.3, -0.25) is 0 Å². The van der Waals surface area contributed by atoms with Gasteiger partial charge in [-0.2, -0.15) is 0 Å². The molecule has 0 bridgehead atoms. The minimum absolute atomic E-state index is 0.803. The van der Waals surface area contributed by atoms with Gasteiger partial charge in [-0.25, -0.2) is 0 Å². The Labute approximate surface area is 154 Å². The summed E-state index contributed by atoms with van der Waals surface area (Å²) in [6, 6.07) is 0. The van der Waals surface area contributed by atoms with E-state index in [1.165, 1.54) is 57.8 Å². The van der Waals surface area contributed by atoms with E-state index in [1.54, 1.807) is 5.57 Å². The molecule has 0 rings (SSSR count). The zero-order valence-electron chi connectivity index (χ0n) is 17.7. The zero-order chi connectivity index (χ0) is 18.2. The van der Waals surface area contributed by atoms with Crippen LogP contribution >= 0.6 is 0 Å². The molecule has 0 aromatic rings. The minimum Gasteiger partial charge on any atom is -0.0885 e. The molecular weight excluding hydrogens is 288 g/mol. The molecule has 24 heavy (non-hydrogen) atoms. The topological polar surface area (TPSA) is 0 Å². The van der Waals surface area contributed by atoms with Gasteiger partial charge < -0.3 is 0 Å². The second-order valence-corrected chi connectivity index (χ2v) is 8.13. The molecule has 0 heterocycles. The highest BCUT2D eigenvalue weighted by Gasteiger charge is 2.19. The maximum absolute atomic E-state index is 2.65. The van der Waals surface area contributed by atoms with Crippen molar-refractivity contribution in [2.75, 3.05) is 0 Å². The molecule has 142 valence electrons. The monoisotopic (exact) mass is 334 g/mol. The van der Waals surface area contributed by atoms with Crippen LogP contribution in [0, 0.1) is 17.8 Å². The summed E-state index contributed by atoms with van der Waals surface area (Å²) in [4.78, 5) is 0. The first-order valence-corrected chi connectivity index (χ1v) is 10.9. The maximum Gasteiger partial charge on any atom is -0.0141 e. The Hall–Kier alpha value is -0.520. The Morgan fingerprint density at radius 3 is 2.08 bits per heavy atom. The summed E-state index contributed by atoms with van der Waals surface area (Å²) in [5.41, 5.74) is 1.58. The molecule has 0 aromatic carbocycles. The van der Waals surface area contributed by atoms with Crippen LogP contribution in [0.1, 0.15) is 112 Å². The van der Waals surface area contributed by atoms with Crippen molar-refractivity contribution in [3.63, 3.8) is 0 Å². The highest BCUT2D eigenvalue weighted by Crippen LogP contribution is 2.31. The van der Waals surface area contributed by atoms with Crippen molar-refractivity contribution in [3.8, 4) is 0 Å². The summed E-state index contributed by atoms with van der Waals surface area (Å²) in [7, 11) is 0. The number of unbranched alkanes of at least 4 members (excludes halogenated alkanes) is 3. The van der Waals surface area contributed by atoms with Gasteiger partial charge in [0.1, 0.15) is 0 Å². The molecule has 0 saturated heterocycles. The second kappa shape index (κ2) is 16.0. The Morgan fingerprint density at radius 1 is 0.792 bits per heavy atom. The Balaban J connectivity index is 4.95. The normalized spacial score (nSPS) is 15.4. The number of rotatable bonds is 15. The molecule has 0 aliphatic carbocycles. The van der Waals surface area contributed by atoms with Gasteiger partial charge in [-0.1, -0.05) is 96.9 Å². The predicted octanol–water partition coefficient (Wildman–Crippen LogP) is 8.73. The van der Waals surface area contributed by atoms with Crippen molar-refractivity contribution in [2.45, 2.75) is 112 Å². The average molecular weight is 335 g/mol. The van der Waals surface area contributed by atoms with E-state index in [1.807, 2.05) is 0 Å². The maximum atomic E-state index is 2.65. The molecule has 0 aliphatic heterocycles. The summed E-state index contributed by atoms with van der Waals surface area (Å²) < 4.78 is 0. The lowest BCUT2D eigenvalue weighted by Gasteiger charge is -2.26. The zero-order valence-corrected chi connectivity index (χ0v) is 17.7. The van der Waals surface area contributed by atoms with Crippen LogP contribution in [0.15, 0.2) is 23.8 Å². The molecular formula is C24H46. The fraction of sp³-hybridized carbons (Fsp3) is 0.833. The molecule has 0 aliphatic rings. The van der Waals surface area contributed by atoms with Crippen LogP contribution in [-0.4, -0.2) is 0 Å². The summed E-state index contributed by atoms with van der Waals surface area (Å²) >= 11 is 0. The first-order chi connectivity index (χ1) is 11.5. The van der Waals surface area contributed by atoms with Crippen molar-refractivity contribution in [1.29, 1.82) is 0 Å². The van der Waals surface area contributed by atoms with E-state index in [4.69, 9.17) is 0 Å². The molecule has 0 nitrogen and oxygen atoms in total. The van der Waals surface area contributed by atoms with Crippen LogP contribution in [0.5, 0.6) is 0 Å². The summed E-state index contributed by atoms with van der Waals surface area (Å²) in [6.07, 6.45) is 22.1. The van der Waals surface area contributed by atoms with E-state index in [2.05, 4.69) is 59.8 Å². The number of hydrogen-bond donors (Lipinski definition) is 0. The molecule has 0 radical (unpaired) electrons. The Bertz CT molecular complexity index is 321. The van der Waals surface area contributed by atoms with Gasteiger partial charge in [-0.05, 0) is 56.8 Å². The second-order valence-electron chi connectivity index (χ2n) is 8.13. The van der Waals surface area contributed by atoms with Crippen molar-refractivity contribution in [3.05, 3.63) is 23.8 Å². The van der Waals surface area contributed by atoms with E-state index in [9.17, 15) is 0 Å². The first-order valence-electron chi connectivity index (χ1n) is 10.9. The molecule has 0 aromatic heterocycles. The minimum atomic E-state index is 0.803. The van der Waals surface area contributed by atoms with Gasteiger partial charge in [-0.15, -0.1) is 0 Å². The van der Waals surface area contributed by atoms with Gasteiger partial charge in [0.25, 0.3) is 0 Å². The molecule has 0 amide bonds. The lowest BCUT2D eigenvalue weighted by atomic mass is 9.79. The van der Waals surface area contributed by atoms with E-state index in [0.29, 0.717) is 0 Å². The standard InChI is InChI=1S/C24H46/c1-7-10-13-15-22(6)20-24(17-14-11-8-2)23(16-12-9-3)19-18-21(4)5/h10,13,20-21,23-24H,7-9,11-12,14-19H2,1-6H3. The van der Waals surface area contributed by atoms with Gasteiger partial charge in [0.15, 0.2) is 0 Å². The number of allylic oxidation sites excluding steroid dienone is 4. The third kappa shape index (κ3) is 12.8. The summed E-state index contributed by atoms with van der Waals surface area (Å²) in [5, 5.41) is 0. The number of hydrogen-bond acceptors (Lipinski definition) is 0. The van der Waals surface area contributed by atoms with Crippen LogP contribution in [-0.2, 0) is 0 Å². The van der Waals surface area contributed by atoms with Crippen molar-refractivity contribution < 1.29 is 0 Å². The molecule has 0 heteroatoms. The largest absolute Gasteiger partial charge is 0.0885 e. The lowest BCUT2D eigenvalue weighted by molar-refractivity contribution is 0.293. The summed E-state index contributed by atoms with van der Waals surface area (Å²) in [5.74, 6) is 2.54. The SMILES string of the molecule is CCC=CCC(C)=CC(CCCCC)C(CCCC)CCC(C)C. The Kier molecular flexibility index (Phi) is 15.6. The third-order valence-electron chi connectivity index (χ3n) is 5.13. The molecule has 0 saturated carbocycles. The van der Waals surface area contributed by atoms with E-state index in [0.717, 1.165) is 30.6 Å². The van der Waals surface area contributed by atoms with Gasteiger partial charge in [0.05, 0.1) is 0 Å². The van der Waals surface area contributed by atoms with Gasteiger partial charge in [0, 0.05) is 0 Å². The van der Waals surface area contributed by atoms with Crippen LogP contribution in [0.4, 0.5) is 0 Å². The van der Waals surface area contributed by atoms with Crippen LogP contribution in [0.25, 0.3) is 0 Å². The predicted molar refractivity (Wildman–Crippen MR) is 113 cm³/mol. The Morgan fingerprint density at radius 2 is 1.50 bits per heavy atom.